The topological polar surface area (TPSA) is 58.9 Å². The number of rotatable bonds is 4. The standard InChI is InChI=1S/C17H16N2O/c18-16(20)11-10-14-13-8-4-5-9-15(13)19-17(14)12-6-2-1-3-7-12/h1-9,19H,10-11H2,(H2,18,20). The summed E-state index contributed by atoms with van der Waals surface area (Å²) in [7, 11) is 0. The SMILES string of the molecule is NC(=O)CCc1c(-c2ccccc2)[nH]c2ccccc12. The molecule has 0 aliphatic heterocycles. The highest BCUT2D eigenvalue weighted by molar-refractivity contribution is 5.91. The third-order valence-electron chi connectivity index (χ3n) is 3.50. The van der Waals surface area contributed by atoms with Gasteiger partial charge in [0, 0.05) is 23.0 Å². The van der Waals surface area contributed by atoms with E-state index in [2.05, 4.69) is 29.2 Å². The Morgan fingerprint density at radius 2 is 1.70 bits per heavy atom. The fraction of sp³-hybridized carbons (Fsp3) is 0.118. The first-order chi connectivity index (χ1) is 9.75. The van der Waals surface area contributed by atoms with Crippen LogP contribution in [0.1, 0.15) is 12.0 Å². The van der Waals surface area contributed by atoms with Gasteiger partial charge in [-0.3, -0.25) is 4.79 Å². The van der Waals surface area contributed by atoms with Crippen LogP contribution in [-0.4, -0.2) is 10.9 Å². The number of nitrogens with two attached hydrogens (primary N) is 1. The molecule has 0 aliphatic rings. The number of hydrogen-bond acceptors (Lipinski definition) is 1. The second-order valence-corrected chi connectivity index (χ2v) is 4.86. The Labute approximate surface area is 117 Å². The van der Waals surface area contributed by atoms with Crippen molar-refractivity contribution >= 4 is 16.8 Å². The van der Waals surface area contributed by atoms with E-state index in [0.29, 0.717) is 12.8 Å². The molecule has 3 nitrogen and oxygen atoms in total. The second-order valence-electron chi connectivity index (χ2n) is 4.86. The number of H-pyrrole nitrogens is 1. The van der Waals surface area contributed by atoms with E-state index in [1.807, 2.05) is 30.3 Å². The van der Waals surface area contributed by atoms with Crippen LogP contribution in [0.5, 0.6) is 0 Å². The summed E-state index contributed by atoms with van der Waals surface area (Å²) in [6, 6.07) is 18.3. The minimum atomic E-state index is -0.269. The average Bonchev–Trinajstić information content (AvgIpc) is 2.84. The van der Waals surface area contributed by atoms with E-state index in [-0.39, 0.29) is 5.91 Å². The third-order valence-corrected chi connectivity index (χ3v) is 3.50. The summed E-state index contributed by atoms with van der Waals surface area (Å²) in [6.45, 7) is 0. The molecule has 3 heteroatoms. The Morgan fingerprint density at radius 1 is 1.00 bits per heavy atom. The third kappa shape index (κ3) is 2.30. The lowest BCUT2D eigenvalue weighted by Crippen LogP contribution is -2.11. The molecule has 0 aliphatic carbocycles. The van der Waals surface area contributed by atoms with Crippen LogP contribution < -0.4 is 5.73 Å². The highest BCUT2D eigenvalue weighted by Gasteiger charge is 2.13. The van der Waals surface area contributed by atoms with E-state index >= 15 is 0 Å². The largest absolute Gasteiger partial charge is 0.370 e. The summed E-state index contributed by atoms with van der Waals surface area (Å²) in [6.07, 6.45) is 1.02. The van der Waals surface area contributed by atoms with Crippen molar-refractivity contribution in [3.63, 3.8) is 0 Å². The number of aromatic amines is 1. The Kier molecular flexibility index (Phi) is 3.25. The van der Waals surface area contributed by atoms with Gasteiger partial charge in [0.1, 0.15) is 0 Å². The number of aryl methyl sites for hydroxylation is 1. The van der Waals surface area contributed by atoms with Gasteiger partial charge in [0.05, 0.1) is 0 Å². The molecule has 0 unspecified atom stereocenters. The molecule has 1 amide bonds. The molecule has 3 N–H and O–H groups in total. The van der Waals surface area contributed by atoms with Gasteiger partial charge in [-0.05, 0) is 23.6 Å². The van der Waals surface area contributed by atoms with Crippen molar-refractivity contribution in [2.24, 2.45) is 5.73 Å². The zero-order chi connectivity index (χ0) is 13.9. The van der Waals surface area contributed by atoms with Gasteiger partial charge in [-0.2, -0.15) is 0 Å². The minimum absolute atomic E-state index is 0.269. The van der Waals surface area contributed by atoms with E-state index in [9.17, 15) is 4.79 Å². The molecule has 0 spiro atoms. The first kappa shape index (κ1) is 12.5. The summed E-state index contributed by atoms with van der Waals surface area (Å²) in [5.41, 5.74) is 9.74. The lowest BCUT2D eigenvalue weighted by Gasteiger charge is -2.04. The molecule has 2 aromatic carbocycles. The predicted molar refractivity (Wildman–Crippen MR) is 81.3 cm³/mol. The highest BCUT2D eigenvalue weighted by atomic mass is 16.1. The van der Waals surface area contributed by atoms with Crippen molar-refractivity contribution in [2.75, 3.05) is 0 Å². The van der Waals surface area contributed by atoms with Gasteiger partial charge in [0.2, 0.25) is 5.91 Å². The number of benzene rings is 2. The number of para-hydroxylation sites is 1. The number of hydrogen-bond donors (Lipinski definition) is 2. The first-order valence-electron chi connectivity index (χ1n) is 6.69. The van der Waals surface area contributed by atoms with Crippen LogP contribution >= 0.6 is 0 Å². The highest BCUT2D eigenvalue weighted by Crippen LogP contribution is 2.31. The molecule has 0 fully saturated rings. The normalized spacial score (nSPS) is 10.8. The van der Waals surface area contributed by atoms with Crippen LogP contribution in [-0.2, 0) is 11.2 Å². The van der Waals surface area contributed by atoms with Gasteiger partial charge >= 0.3 is 0 Å². The molecular weight excluding hydrogens is 248 g/mol. The Bertz CT molecular complexity index is 744. The molecule has 0 saturated heterocycles. The number of amides is 1. The van der Waals surface area contributed by atoms with Gasteiger partial charge in [-0.1, -0.05) is 48.5 Å². The number of aromatic nitrogens is 1. The van der Waals surface area contributed by atoms with Crippen LogP contribution in [0, 0.1) is 0 Å². The minimum Gasteiger partial charge on any atom is -0.370 e. The maximum Gasteiger partial charge on any atom is 0.217 e. The zero-order valence-electron chi connectivity index (χ0n) is 11.1. The molecule has 3 rings (SSSR count). The summed E-state index contributed by atoms with van der Waals surface area (Å²) in [5.74, 6) is -0.269. The van der Waals surface area contributed by atoms with Crippen LogP contribution in [0.4, 0.5) is 0 Å². The van der Waals surface area contributed by atoms with E-state index in [1.54, 1.807) is 0 Å². The molecule has 0 atom stereocenters. The molecule has 0 bridgehead atoms. The van der Waals surface area contributed by atoms with Gasteiger partial charge < -0.3 is 10.7 Å². The summed E-state index contributed by atoms with van der Waals surface area (Å²) in [5, 5.41) is 1.16. The van der Waals surface area contributed by atoms with Crippen LogP contribution in [0.2, 0.25) is 0 Å². The van der Waals surface area contributed by atoms with Crippen molar-refractivity contribution < 1.29 is 4.79 Å². The van der Waals surface area contributed by atoms with Crippen molar-refractivity contribution in [1.29, 1.82) is 0 Å². The van der Waals surface area contributed by atoms with Crippen LogP contribution in [0.15, 0.2) is 54.6 Å². The van der Waals surface area contributed by atoms with Crippen molar-refractivity contribution in [1.82, 2.24) is 4.98 Å². The van der Waals surface area contributed by atoms with Gasteiger partial charge in [0.25, 0.3) is 0 Å². The summed E-state index contributed by atoms with van der Waals surface area (Å²) < 4.78 is 0. The van der Waals surface area contributed by atoms with E-state index in [0.717, 1.165) is 27.7 Å². The monoisotopic (exact) mass is 264 g/mol. The Balaban J connectivity index is 2.15. The maximum atomic E-state index is 11.1. The molecule has 100 valence electrons. The Hall–Kier alpha value is -2.55. The zero-order valence-corrected chi connectivity index (χ0v) is 11.1. The number of fused-ring (bicyclic) bond motifs is 1. The lowest BCUT2D eigenvalue weighted by molar-refractivity contribution is -0.117. The number of carbonyl (C=O) groups excluding carboxylic acids is 1. The number of primary amides is 1. The first-order valence-corrected chi connectivity index (χ1v) is 6.69. The second kappa shape index (κ2) is 5.21. The summed E-state index contributed by atoms with van der Waals surface area (Å²) >= 11 is 0. The fourth-order valence-electron chi connectivity index (χ4n) is 2.56. The molecule has 3 aromatic rings. The Morgan fingerprint density at radius 3 is 2.45 bits per heavy atom. The van der Waals surface area contributed by atoms with E-state index in [1.165, 1.54) is 0 Å². The lowest BCUT2D eigenvalue weighted by atomic mass is 10.0. The predicted octanol–water partition coefficient (Wildman–Crippen LogP) is 3.25. The molecule has 0 saturated carbocycles. The molecule has 0 radical (unpaired) electrons. The number of carbonyl (C=O) groups is 1. The van der Waals surface area contributed by atoms with Crippen LogP contribution in [0.3, 0.4) is 0 Å². The molecule has 1 aromatic heterocycles. The maximum absolute atomic E-state index is 11.1. The smallest absolute Gasteiger partial charge is 0.217 e. The van der Waals surface area contributed by atoms with Crippen molar-refractivity contribution in [3.05, 3.63) is 60.2 Å². The van der Waals surface area contributed by atoms with Gasteiger partial charge in [-0.25, -0.2) is 0 Å². The molecule has 20 heavy (non-hydrogen) atoms. The molecule has 1 heterocycles. The fourth-order valence-corrected chi connectivity index (χ4v) is 2.56. The van der Waals surface area contributed by atoms with E-state index in [4.69, 9.17) is 5.73 Å². The van der Waals surface area contributed by atoms with Crippen molar-refractivity contribution in [2.45, 2.75) is 12.8 Å². The molecular formula is C17H16N2O. The summed E-state index contributed by atoms with van der Waals surface area (Å²) in [4.78, 5) is 14.5. The quantitative estimate of drug-likeness (QED) is 0.746. The van der Waals surface area contributed by atoms with Crippen LogP contribution in [0.25, 0.3) is 22.2 Å². The number of nitrogens with one attached hydrogen (secondary N) is 1. The van der Waals surface area contributed by atoms with E-state index < -0.39 is 0 Å². The van der Waals surface area contributed by atoms with Gasteiger partial charge in [-0.15, -0.1) is 0 Å². The van der Waals surface area contributed by atoms with Gasteiger partial charge in [0.15, 0.2) is 0 Å². The van der Waals surface area contributed by atoms with Crippen molar-refractivity contribution in [3.8, 4) is 11.3 Å². The average molecular weight is 264 g/mol.